The minimum absolute atomic E-state index is 0.0178. The van der Waals surface area contributed by atoms with Crippen LogP contribution in [0.3, 0.4) is 0 Å². The van der Waals surface area contributed by atoms with Crippen molar-refractivity contribution < 1.29 is 32.9 Å². The first-order valence-electron chi connectivity index (χ1n) is 20.9. The van der Waals surface area contributed by atoms with Gasteiger partial charge in [-0.25, -0.2) is 13.8 Å². The molecular weight excluding hydrogens is 759 g/mol. The zero-order valence-corrected chi connectivity index (χ0v) is 34.4. The van der Waals surface area contributed by atoms with Crippen LogP contribution in [0.2, 0.25) is 0 Å². The number of hydrogen-bond donors (Lipinski definition) is 1. The second kappa shape index (κ2) is 15.5. The van der Waals surface area contributed by atoms with Crippen LogP contribution in [0.25, 0.3) is 32.9 Å². The largest absolute Gasteiger partial charge is 0.508 e. The molecule has 5 atom stereocenters. The third-order valence-corrected chi connectivity index (χ3v) is 13.0. The molecule has 1 unspecified atom stereocenters. The van der Waals surface area contributed by atoms with E-state index in [0.29, 0.717) is 61.6 Å². The van der Waals surface area contributed by atoms with Gasteiger partial charge in [-0.3, -0.25) is 14.4 Å². The number of aromatic hydroxyl groups is 1. The lowest BCUT2D eigenvalue weighted by molar-refractivity contribution is -0.0967. The average molecular weight is 811 g/mol. The van der Waals surface area contributed by atoms with Crippen LogP contribution >= 0.6 is 0 Å². The number of amides is 1. The van der Waals surface area contributed by atoms with Gasteiger partial charge in [0.1, 0.15) is 34.0 Å². The molecule has 2 saturated heterocycles. The number of piperidine rings is 1. The molecule has 59 heavy (non-hydrogen) atoms. The van der Waals surface area contributed by atoms with E-state index in [1.54, 1.807) is 26.2 Å². The predicted molar refractivity (Wildman–Crippen MR) is 219 cm³/mol. The number of aryl methyl sites for hydroxylation is 1. The number of nitrogens with zero attached hydrogens (tertiary/aromatic N) is 8. The standard InChI is InChI=1S/C44H52F2N8O5/c1-25-18-28(19-26(2)59-25)53-16-8-14-44(13-7-12-34(44)53)24-58-43-48-39-36(40(49-43)52-15-9-17-54-29(23-52)21-33(50-54)42(56)51(3)4)41(57-5)47-38(37(39)46)31-22-30(55)20-27-10-6-11-32(45)35(27)31/h6,10-11,20-22,25-26,28,34,55H,7-9,12-19,23-24H2,1-5H3/t25-,26+,28?,34-,44-/m1/s1. The van der Waals surface area contributed by atoms with Crippen molar-refractivity contribution in [3.05, 3.63) is 59.4 Å². The van der Waals surface area contributed by atoms with E-state index >= 15 is 8.78 Å². The maximum Gasteiger partial charge on any atom is 0.319 e. The molecule has 1 N–H and O–H groups in total. The molecule has 3 aromatic heterocycles. The number of ether oxygens (including phenoxy) is 3. The Morgan fingerprint density at radius 1 is 1.00 bits per heavy atom. The molecule has 13 nitrogen and oxygen atoms in total. The van der Waals surface area contributed by atoms with E-state index in [-0.39, 0.29) is 68.7 Å². The number of aromatic nitrogens is 5. The number of rotatable bonds is 8. The molecule has 3 aliphatic heterocycles. The first kappa shape index (κ1) is 39.3. The van der Waals surface area contributed by atoms with Gasteiger partial charge in [0, 0.05) is 55.6 Å². The highest BCUT2D eigenvalue weighted by Crippen LogP contribution is 2.50. The number of likely N-dealkylation sites (tertiary alicyclic amines) is 1. The van der Waals surface area contributed by atoms with Gasteiger partial charge in [0.25, 0.3) is 5.91 Å². The van der Waals surface area contributed by atoms with Crippen molar-refractivity contribution in [2.24, 2.45) is 5.41 Å². The van der Waals surface area contributed by atoms with E-state index in [4.69, 9.17) is 24.2 Å². The maximum absolute atomic E-state index is 17.4. The highest BCUT2D eigenvalue weighted by molar-refractivity contribution is 6.02. The van der Waals surface area contributed by atoms with Crippen molar-refractivity contribution >= 4 is 33.4 Å². The molecule has 6 heterocycles. The number of carbonyl (C=O) groups is 1. The average Bonchev–Trinajstić information content (AvgIpc) is 3.77. The van der Waals surface area contributed by atoms with Gasteiger partial charge in [0.15, 0.2) is 11.5 Å². The van der Waals surface area contributed by atoms with Crippen LogP contribution in [-0.4, -0.2) is 111 Å². The molecular formula is C44H52F2N8O5. The van der Waals surface area contributed by atoms with Crippen molar-refractivity contribution in [1.29, 1.82) is 0 Å². The Morgan fingerprint density at radius 2 is 1.80 bits per heavy atom. The molecule has 312 valence electrons. The van der Waals surface area contributed by atoms with Gasteiger partial charge < -0.3 is 29.1 Å². The highest BCUT2D eigenvalue weighted by Gasteiger charge is 2.51. The lowest BCUT2D eigenvalue weighted by atomic mass is 9.74. The minimum atomic E-state index is -0.827. The van der Waals surface area contributed by atoms with E-state index in [1.807, 2.05) is 9.58 Å². The van der Waals surface area contributed by atoms with E-state index in [1.165, 1.54) is 36.3 Å². The summed E-state index contributed by atoms with van der Waals surface area (Å²) in [5.41, 5.74) is 0.733. The number of fused-ring (bicyclic) bond motifs is 4. The summed E-state index contributed by atoms with van der Waals surface area (Å²) in [5.74, 6) is -1.40. The number of pyridine rings is 1. The van der Waals surface area contributed by atoms with Gasteiger partial charge in [0.2, 0.25) is 5.88 Å². The molecule has 9 rings (SSSR count). The Bertz CT molecular complexity index is 2420. The Morgan fingerprint density at radius 3 is 2.58 bits per heavy atom. The number of methoxy groups -OCH3 is 1. The number of hydrogen-bond acceptors (Lipinski definition) is 11. The topological polar surface area (TPSA) is 131 Å². The van der Waals surface area contributed by atoms with Crippen LogP contribution in [0.4, 0.5) is 14.6 Å². The van der Waals surface area contributed by atoms with E-state index in [0.717, 1.165) is 57.2 Å². The summed E-state index contributed by atoms with van der Waals surface area (Å²) in [5, 5.41) is 16.1. The molecule has 4 aliphatic rings. The van der Waals surface area contributed by atoms with E-state index < -0.39 is 11.6 Å². The number of carbonyl (C=O) groups excluding carboxylic acids is 1. The van der Waals surface area contributed by atoms with Crippen LogP contribution in [0.5, 0.6) is 17.6 Å². The molecule has 0 spiro atoms. The van der Waals surface area contributed by atoms with Crippen molar-refractivity contribution in [3.8, 4) is 28.9 Å². The fourth-order valence-electron chi connectivity index (χ4n) is 10.5. The summed E-state index contributed by atoms with van der Waals surface area (Å²) in [6.45, 7) is 7.14. The van der Waals surface area contributed by atoms with Crippen LogP contribution < -0.4 is 14.4 Å². The summed E-state index contributed by atoms with van der Waals surface area (Å²) < 4.78 is 53.5. The number of phenolic OH excluding ortho intramolecular Hbond substituents is 1. The van der Waals surface area contributed by atoms with Gasteiger partial charge in [-0.15, -0.1) is 0 Å². The lowest BCUT2D eigenvalue weighted by Crippen LogP contribution is -2.57. The summed E-state index contributed by atoms with van der Waals surface area (Å²) >= 11 is 0. The molecule has 1 saturated carbocycles. The van der Waals surface area contributed by atoms with Gasteiger partial charge >= 0.3 is 6.01 Å². The number of benzene rings is 2. The third-order valence-electron chi connectivity index (χ3n) is 13.0. The number of anilines is 1. The van der Waals surface area contributed by atoms with Crippen molar-refractivity contribution in [3.63, 3.8) is 0 Å². The predicted octanol–water partition coefficient (Wildman–Crippen LogP) is 7.12. The van der Waals surface area contributed by atoms with E-state index in [2.05, 4.69) is 28.8 Å². The molecule has 2 aromatic carbocycles. The molecule has 0 bridgehead atoms. The Labute approximate surface area is 342 Å². The molecule has 3 fully saturated rings. The third kappa shape index (κ3) is 7.09. The summed E-state index contributed by atoms with van der Waals surface area (Å²) in [6.07, 6.45) is 8.34. The second-order valence-electron chi connectivity index (χ2n) is 17.2. The number of phenols is 1. The van der Waals surface area contributed by atoms with Crippen molar-refractivity contribution in [2.45, 2.75) is 103 Å². The van der Waals surface area contributed by atoms with Crippen LogP contribution in [0.1, 0.15) is 81.4 Å². The quantitative estimate of drug-likeness (QED) is 0.172. The monoisotopic (exact) mass is 810 g/mol. The molecule has 1 amide bonds. The van der Waals surface area contributed by atoms with Gasteiger partial charge in [-0.2, -0.15) is 15.1 Å². The molecule has 0 radical (unpaired) electrons. The van der Waals surface area contributed by atoms with E-state index in [9.17, 15) is 9.90 Å². The first-order chi connectivity index (χ1) is 28.4. The Kier molecular flexibility index (Phi) is 10.3. The fourth-order valence-corrected chi connectivity index (χ4v) is 10.5. The zero-order chi connectivity index (χ0) is 41.2. The lowest BCUT2D eigenvalue weighted by Gasteiger charge is -2.51. The SMILES string of the molecule is COc1nc(-c2cc(O)cc3cccc(F)c23)c(F)c2nc(OC[C@]34CCC[C@H]3N(C3C[C@@H](C)O[C@@H](C)C3)CCC4)nc(N3CCCn4nc(C(=O)N(C)C)cc4C3)c12. The minimum Gasteiger partial charge on any atom is -0.508 e. The molecule has 15 heteroatoms. The van der Waals surface area contributed by atoms with Crippen LogP contribution in [-0.2, 0) is 17.8 Å². The highest BCUT2D eigenvalue weighted by atomic mass is 19.1. The second-order valence-corrected chi connectivity index (χ2v) is 17.2. The molecule has 5 aromatic rings. The van der Waals surface area contributed by atoms with Crippen LogP contribution in [0.15, 0.2) is 36.4 Å². The molecule has 1 aliphatic carbocycles. The Hall–Kier alpha value is -5.15. The zero-order valence-electron chi connectivity index (χ0n) is 34.4. The van der Waals surface area contributed by atoms with Crippen molar-refractivity contribution in [2.75, 3.05) is 45.8 Å². The fraction of sp³-hybridized carbons (Fsp3) is 0.523. The smallest absolute Gasteiger partial charge is 0.319 e. The van der Waals surface area contributed by atoms with Gasteiger partial charge in [0.05, 0.1) is 38.2 Å². The number of halogens is 2. The summed E-state index contributed by atoms with van der Waals surface area (Å²) in [6, 6.07) is 9.78. The van der Waals surface area contributed by atoms with Crippen molar-refractivity contribution in [1.82, 2.24) is 34.5 Å². The van der Waals surface area contributed by atoms with Gasteiger partial charge in [-0.05, 0) is 95.0 Å². The normalized spacial score (nSPS) is 24.8. The summed E-state index contributed by atoms with van der Waals surface area (Å²) in [7, 11) is 4.81. The Balaban J connectivity index is 1.15. The first-order valence-corrected chi connectivity index (χ1v) is 20.9. The van der Waals surface area contributed by atoms with Gasteiger partial charge in [-0.1, -0.05) is 18.6 Å². The van der Waals surface area contributed by atoms with Crippen LogP contribution in [0, 0.1) is 17.0 Å². The maximum atomic E-state index is 17.4. The summed E-state index contributed by atoms with van der Waals surface area (Å²) in [4.78, 5) is 33.6.